The van der Waals surface area contributed by atoms with Crippen LogP contribution in [-0.2, 0) is 19.0 Å². The minimum Gasteiger partial charge on any atom is -0.460 e. The van der Waals surface area contributed by atoms with Crippen LogP contribution < -0.4 is 0 Å². The van der Waals surface area contributed by atoms with Crippen molar-refractivity contribution in [1.29, 1.82) is 0 Å². The molecule has 1 saturated carbocycles. The van der Waals surface area contributed by atoms with E-state index in [4.69, 9.17) is 14.2 Å². The molecule has 2 aliphatic heterocycles. The largest absolute Gasteiger partial charge is 0.460 e. The van der Waals surface area contributed by atoms with E-state index >= 15 is 0 Å². The first-order valence-electron chi connectivity index (χ1n) is 8.06. The number of epoxide rings is 1. The number of carbonyl (C=O) groups is 1. The number of aliphatic hydroxyl groups excluding tert-OH is 1. The van der Waals surface area contributed by atoms with Gasteiger partial charge in [-0.1, -0.05) is 19.9 Å². The van der Waals surface area contributed by atoms with Gasteiger partial charge in [0.05, 0.1) is 18.8 Å². The van der Waals surface area contributed by atoms with Crippen molar-refractivity contribution in [3.05, 3.63) is 11.6 Å². The Labute approximate surface area is 130 Å². The Morgan fingerprint density at radius 1 is 1.41 bits per heavy atom. The van der Waals surface area contributed by atoms with Gasteiger partial charge in [-0.3, -0.25) is 4.79 Å². The zero-order valence-corrected chi connectivity index (χ0v) is 13.6. The van der Waals surface area contributed by atoms with Gasteiger partial charge in [-0.05, 0) is 25.3 Å². The zero-order valence-electron chi connectivity index (χ0n) is 13.6. The van der Waals surface area contributed by atoms with E-state index in [1.165, 1.54) is 6.92 Å². The summed E-state index contributed by atoms with van der Waals surface area (Å²) < 4.78 is 17.8. The van der Waals surface area contributed by atoms with Gasteiger partial charge in [0.15, 0.2) is 0 Å². The Morgan fingerprint density at radius 3 is 2.68 bits per heavy atom. The highest BCUT2D eigenvalue weighted by atomic mass is 16.7. The summed E-state index contributed by atoms with van der Waals surface area (Å²) in [5, 5.41) is 10.4. The van der Waals surface area contributed by atoms with Gasteiger partial charge in [-0.25, -0.2) is 0 Å². The molecule has 4 rings (SSSR count). The van der Waals surface area contributed by atoms with Gasteiger partial charge in [-0.2, -0.15) is 0 Å². The fourth-order valence-corrected chi connectivity index (χ4v) is 5.19. The molecule has 0 amide bonds. The number of rotatable bonds is 1. The van der Waals surface area contributed by atoms with Crippen LogP contribution in [0.3, 0.4) is 0 Å². The number of hydrogen-bond donors (Lipinski definition) is 1. The molecule has 1 unspecified atom stereocenters. The van der Waals surface area contributed by atoms with Gasteiger partial charge in [0.1, 0.15) is 17.8 Å². The quantitative estimate of drug-likeness (QED) is 0.452. The van der Waals surface area contributed by atoms with Crippen molar-refractivity contribution in [2.45, 2.75) is 70.6 Å². The Morgan fingerprint density at radius 2 is 2.09 bits per heavy atom. The van der Waals surface area contributed by atoms with Crippen LogP contribution >= 0.6 is 0 Å². The summed E-state index contributed by atoms with van der Waals surface area (Å²) in [5.41, 5.74) is 0.193. The highest BCUT2D eigenvalue weighted by molar-refractivity contribution is 5.66. The third-order valence-corrected chi connectivity index (χ3v) is 6.85. The van der Waals surface area contributed by atoms with Gasteiger partial charge in [0.25, 0.3) is 0 Å². The summed E-state index contributed by atoms with van der Waals surface area (Å²) in [6.45, 7) is 8.42. The van der Waals surface area contributed by atoms with Crippen molar-refractivity contribution in [3.63, 3.8) is 0 Å². The fraction of sp³-hybridized carbons (Fsp3) is 0.824. The van der Waals surface area contributed by atoms with Crippen LogP contribution in [0.2, 0.25) is 0 Å². The summed E-state index contributed by atoms with van der Waals surface area (Å²) in [6.07, 6.45) is 2.44. The number of fused-ring (bicyclic) bond motifs is 2. The highest BCUT2D eigenvalue weighted by Gasteiger charge is 2.80. The smallest absolute Gasteiger partial charge is 0.302 e. The number of aliphatic hydroxyl groups is 1. The van der Waals surface area contributed by atoms with Crippen LogP contribution in [0.25, 0.3) is 0 Å². The van der Waals surface area contributed by atoms with Crippen molar-refractivity contribution in [2.24, 2.45) is 10.8 Å². The molecular formula is C17H24O5. The van der Waals surface area contributed by atoms with Crippen molar-refractivity contribution in [3.8, 4) is 0 Å². The van der Waals surface area contributed by atoms with E-state index in [0.717, 1.165) is 12.0 Å². The van der Waals surface area contributed by atoms with E-state index < -0.39 is 6.10 Å². The van der Waals surface area contributed by atoms with Crippen LogP contribution in [0.1, 0.15) is 40.5 Å². The molecule has 1 N–H and O–H groups in total. The number of hydrogen-bond acceptors (Lipinski definition) is 5. The normalized spacial score (nSPS) is 55.6. The lowest BCUT2D eigenvalue weighted by molar-refractivity contribution is -0.207. The van der Waals surface area contributed by atoms with Gasteiger partial charge in [-0.15, -0.1) is 0 Å². The number of carbonyl (C=O) groups excluding carboxylic acids is 1. The van der Waals surface area contributed by atoms with Gasteiger partial charge in [0.2, 0.25) is 0 Å². The van der Waals surface area contributed by atoms with E-state index in [1.807, 2.05) is 13.0 Å². The average molecular weight is 308 g/mol. The third kappa shape index (κ3) is 1.52. The van der Waals surface area contributed by atoms with Gasteiger partial charge < -0.3 is 19.3 Å². The molecular weight excluding hydrogens is 284 g/mol. The molecule has 2 saturated heterocycles. The van der Waals surface area contributed by atoms with Gasteiger partial charge >= 0.3 is 5.97 Å². The molecule has 122 valence electrons. The first-order chi connectivity index (χ1) is 10.2. The lowest BCUT2D eigenvalue weighted by atomic mass is 9.52. The van der Waals surface area contributed by atoms with Crippen molar-refractivity contribution in [1.82, 2.24) is 0 Å². The van der Waals surface area contributed by atoms with Gasteiger partial charge in [0, 0.05) is 17.8 Å². The summed E-state index contributed by atoms with van der Waals surface area (Å²) in [5.74, 6) is -0.277. The van der Waals surface area contributed by atoms with Crippen molar-refractivity contribution >= 4 is 5.97 Å². The summed E-state index contributed by atoms with van der Waals surface area (Å²) in [4.78, 5) is 11.5. The average Bonchev–Trinajstić information content (AvgIpc) is 3.16. The third-order valence-electron chi connectivity index (χ3n) is 6.85. The predicted molar refractivity (Wildman–Crippen MR) is 78.1 cm³/mol. The Bertz CT molecular complexity index is 565. The monoisotopic (exact) mass is 308 g/mol. The molecule has 2 heterocycles. The molecule has 0 aromatic carbocycles. The second kappa shape index (κ2) is 4.13. The van der Waals surface area contributed by atoms with E-state index in [-0.39, 0.29) is 40.7 Å². The second-order valence-corrected chi connectivity index (χ2v) is 7.89. The lowest BCUT2D eigenvalue weighted by Crippen LogP contribution is -2.62. The maximum Gasteiger partial charge on any atom is 0.302 e. The molecule has 5 heteroatoms. The molecule has 5 nitrogen and oxygen atoms in total. The predicted octanol–water partition coefficient (Wildman–Crippen LogP) is 1.58. The molecule has 0 aromatic rings. The Kier molecular flexibility index (Phi) is 2.76. The first kappa shape index (κ1) is 14.7. The van der Waals surface area contributed by atoms with E-state index in [2.05, 4.69) is 13.8 Å². The molecule has 0 aromatic heterocycles. The highest BCUT2D eigenvalue weighted by Crippen LogP contribution is 2.71. The van der Waals surface area contributed by atoms with Crippen LogP contribution in [0, 0.1) is 10.8 Å². The van der Waals surface area contributed by atoms with Crippen LogP contribution in [0.15, 0.2) is 11.6 Å². The van der Waals surface area contributed by atoms with Crippen LogP contribution in [0.4, 0.5) is 0 Å². The zero-order chi connectivity index (χ0) is 15.9. The topological polar surface area (TPSA) is 68.3 Å². The summed E-state index contributed by atoms with van der Waals surface area (Å²) in [7, 11) is 0. The van der Waals surface area contributed by atoms with E-state index in [9.17, 15) is 9.90 Å². The Balaban J connectivity index is 1.78. The van der Waals surface area contributed by atoms with Crippen LogP contribution in [-0.4, -0.2) is 47.7 Å². The molecule has 2 bridgehead atoms. The number of esters is 1. The van der Waals surface area contributed by atoms with Crippen molar-refractivity contribution < 1.29 is 24.1 Å². The lowest BCUT2D eigenvalue weighted by Gasteiger charge is -2.57. The molecule has 1 spiro atoms. The fourth-order valence-electron chi connectivity index (χ4n) is 5.19. The molecule has 2 aliphatic carbocycles. The number of ether oxygens (including phenoxy) is 3. The summed E-state index contributed by atoms with van der Waals surface area (Å²) >= 11 is 0. The molecule has 4 aliphatic rings. The SMILES string of the molecule is CC(=O)O[C@@H]1C[C@@]2(C)C3(CO3)[C@@H]1O[C@@H]1C=C(C)[C@@H](O)C[C@@]12C. The molecule has 7 atom stereocenters. The molecule has 3 fully saturated rings. The molecule has 22 heavy (non-hydrogen) atoms. The maximum atomic E-state index is 11.5. The minimum atomic E-state index is -0.443. The van der Waals surface area contributed by atoms with E-state index in [0.29, 0.717) is 13.0 Å². The Hall–Kier alpha value is -0.910. The first-order valence-corrected chi connectivity index (χ1v) is 8.06. The molecule has 0 radical (unpaired) electrons. The minimum absolute atomic E-state index is 0.0683. The van der Waals surface area contributed by atoms with E-state index in [1.54, 1.807) is 0 Å². The maximum absolute atomic E-state index is 11.5. The summed E-state index contributed by atoms with van der Waals surface area (Å²) in [6, 6.07) is 0. The van der Waals surface area contributed by atoms with Crippen molar-refractivity contribution in [2.75, 3.05) is 6.61 Å². The standard InChI is InChI=1S/C17H24O5/c1-9-5-13-15(3,6-11(9)19)16(4)7-12(21-10(2)18)14(22-13)17(16)8-20-17/h5,11-14,19H,6-8H2,1-4H3/t11-,12+,13+,14+,15-,16+,17?/m0/s1. The van der Waals surface area contributed by atoms with Crippen LogP contribution in [0.5, 0.6) is 0 Å². The second-order valence-electron chi connectivity index (χ2n) is 7.89.